The van der Waals surface area contributed by atoms with E-state index in [0.29, 0.717) is 17.0 Å². The number of anilines is 1. The smallest absolute Gasteiger partial charge is 0.342 e. The van der Waals surface area contributed by atoms with E-state index in [9.17, 15) is 14.4 Å². The van der Waals surface area contributed by atoms with Gasteiger partial charge >= 0.3 is 5.97 Å². The number of carbonyl (C=O) groups excluding carboxylic acids is 3. The summed E-state index contributed by atoms with van der Waals surface area (Å²) in [6, 6.07) is 9.37. The number of ketones is 1. The van der Waals surface area contributed by atoms with Gasteiger partial charge in [-0.1, -0.05) is 0 Å². The maximum absolute atomic E-state index is 12.4. The Hall–Kier alpha value is -3.55. The van der Waals surface area contributed by atoms with Gasteiger partial charge in [0.2, 0.25) is 5.75 Å². The summed E-state index contributed by atoms with van der Waals surface area (Å²) in [5.74, 6) is -0.567. The van der Waals surface area contributed by atoms with Crippen molar-refractivity contribution in [2.75, 3.05) is 33.3 Å². The first kappa shape index (κ1) is 20.8. The third-order valence-electron chi connectivity index (χ3n) is 3.83. The van der Waals surface area contributed by atoms with E-state index >= 15 is 0 Å². The lowest BCUT2D eigenvalue weighted by molar-refractivity contribution is -0.119. The molecule has 2 aromatic carbocycles. The van der Waals surface area contributed by atoms with Crippen molar-refractivity contribution in [3.8, 4) is 17.2 Å². The molecule has 0 saturated heterocycles. The van der Waals surface area contributed by atoms with Crippen molar-refractivity contribution in [2.24, 2.45) is 0 Å². The van der Waals surface area contributed by atoms with Gasteiger partial charge in [-0.15, -0.1) is 0 Å². The van der Waals surface area contributed by atoms with Crippen molar-refractivity contribution >= 4 is 23.3 Å². The Morgan fingerprint density at radius 3 is 2.04 bits per heavy atom. The van der Waals surface area contributed by atoms with Gasteiger partial charge in [0.15, 0.2) is 23.9 Å². The zero-order valence-electron chi connectivity index (χ0n) is 16.0. The monoisotopic (exact) mass is 387 g/mol. The van der Waals surface area contributed by atoms with Crippen LogP contribution in [-0.2, 0) is 9.53 Å². The highest BCUT2D eigenvalue weighted by Crippen LogP contribution is 2.39. The standard InChI is InChI=1S/C20H21NO7/c1-12(22)13-5-7-14(8-6-13)21-17(23)11-28-20(24)15-9-10-16(25-2)19(27-4)18(15)26-3/h5-10H,11H2,1-4H3,(H,21,23). The molecule has 0 bridgehead atoms. The minimum Gasteiger partial charge on any atom is -0.493 e. The van der Waals surface area contributed by atoms with Crippen molar-refractivity contribution in [1.82, 2.24) is 0 Å². The van der Waals surface area contributed by atoms with Gasteiger partial charge in [0, 0.05) is 11.3 Å². The van der Waals surface area contributed by atoms with Crippen LogP contribution in [0, 0.1) is 0 Å². The number of benzene rings is 2. The number of esters is 1. The molecule has 0 spiro atoms. The molecule has 0 aliphatic heterocycles. The highest BCUT2D eigenvalue weighted by Gasteiger charge is 2.22. The van der Waals surface area contributed by atoms with E-state index in [0.717, 1.165) is 0 Å². The predicted octanol–water partition coefficient (Wildman–Crippen LogP) is 2.71. The van der Waals surface area contributed by atoms with E-state index in [2.05, 4.69) is 5.32 Å². The first-order valence-electron chi connectivity index (χ1n) is 8.28. The molecule has 28 heavy (non-hydrogen) atoms. The number of ether oxygens (including phenoxy) is 4. The molecular weight excluding hydrogens is 366 g/mol. The van der Waals surface area contributed by atoms with Crippen molar-refractivity contribution in [3.05, 3.63) is 47.5 Å². The first-order valence-corrected chi connectivity index (χ1v) is 8.28. The third-order valence-corrected chi connectivity index (χ3v) is 3.83. The van der Waals surface area contributed by atoms with Crippen LogP contribution in [0.2, 0.25) is 0 Å². The second kappa shape index (κ2) is 9.40. The highest BCUT2D eigenvalue weighted by atomic mass is 16.5. The van der Waals surface area contributed by atoms with Crippen LogP contribution in [0.4, 0.5) is 5.69 Å². The summed E-state index contributed by atoms with van der Waals surface area (Å²) in [4.78, 5) is 35.6. The van der Waals surface area contributed by atoms with Crippen LogP contribution < -0.4 is 19.5 Å². The number of hydrogen-bond acceptors (Lipinski definition) is 7. The number of methoxy groups -OCH3 is 3. The molecule has 0 fully saturated rings. The molecule has 0 aliphatic rings. The van der Waals surface area contributed by atoms with Crippen LogP contribution in [-0.4, -0.2) is 45.6 Å². The Kier molecular flexibility index (Phi) is 6.97. The molecule has 0 atom stereocenters. The van der Waals surface area contributed by atoms with Crippen molar-refractivity contribution in [3.63, 3.8) is 0 Å². The lowest BCUT2D eigenvalue weighted by atomic mass is 10.1. The number of nitrogens with one attached hydrogen (secondary N) is 1. The second-order valence-corrected chi connectivity index (χ2v) is 5.64. The number of Topliss-reactive ketones (excluding diaryl/α,β-unsaturated/α-hetero) is 1. The maximum Gasteiger partial charge on any atom is 0.342 e. The van der Waals surface area contributed by atoms with Gasteiger partial charge in [0.25, 0.3) is 5.91 Å². The van der Waals surface area contributed by atoms with Crippen molar-refractivity contribution < 1.29 is 33.3 Å². The molecule has 0 unspecified atom stereocenters. The molecule has 148 valence electrons. The van der Waals surface area contributed by atoms with Gasteiger partial charge in [0.05, 0.1) is 21.3 Å². The molecule has 1 N–H and O–H groups in total. The zero-order valence-corrected chi connectivity index (χ0v) is 16.0. The Bertz CT molecular complexity index is 875. The van der Waals surface area contributed by atoms with Gasteiger partial charge in [-0.25, -0.2) is 4.79 Å². The molecule has 0 aromatic heterocycles. The first-order chi connectivity index (χ1) is 13.4. The summed E-state index contributed by atoms with van der Waals surface area (Å²) in [5.41, 5.74) is 1.11. The fourth-order valence-corrected chi connectivity index (χ4v) is 2.46. The average molecular weight is 387 g/mol. The van der Waals surface area contributed by atoms with Gasteiger partial charge in [0.1, 0.15) is 5.56 Å². The molecule has 0 heterocycles. The van der Waals surface area contributed by atoms with Crippen LogP contribution in [0.25, 0.3) is 0 Å². The predicted molar refractivity (Wildman–Crippen MR) is 101 cm³/mol. The van der Waals surface area contributed by atoms with Gasteiger partial charge in [-0.2, -0.15) is 0 Å². The molecule has 2 aromatic rings. The Balaban J connectivity index is 2.03. The van der Waals surface area contributed by atoms with Crippen LogP contribution >= 0.6 is 0 Å². The summed E-state index contributed by atoms with van der Waals surface area (Å²) in [6.07, 6.45) is 0. The lowest BCUT2D eigenvalue weighted by Gasteiger charge is -2.15. The van der Waals surface area contributed by atoms with Crippen LogP contribution in [0.1, 0.15) is 27.6 Å². The number of hydrogen-bond donors (Lipinski definition) is 1. The molecule has 0 radical (unpaired) electrons. The number of amides is 1. The van der Waals surface area contributed by atoms with Gasteiger partial charge in [-0.3, -0.25) is 9.59 Å². The van der Waals surface area contributed by atoms with Crippen molar-refractivity contribution in [1.29, 1.82) is 0 Å². The maximum atomic E-state index is 12.4. The Morgan fingerprint density at radius 2 is 1.50 bits per heavy atom. The second-order valence-electron chi connectivity index (χ2n) is 5.64. The molecule has 2 rings (SSSR count). The summed E-state index contributed by atoms with van der Waals surface area (Å²) in [6.45, 7) is 0.959. The van der Waals surface area contributed by atoms with Crippen LogP contribution in [0.3, 0.4) is 0 Å². The van der Waals surface area contributed by atoms with Gasteiger partial charge < -0.3 is 24.3 Å². The molecule has 1 amide bonds. The van der Waals surface area contributed by atoms with Crippen molar-refractivity contribution in [2.45, 2.75) is 6.92 Å². The summed E-state index contributed by atoms with van der Waals surface area (Å²) < 4.78 is 20.7. The highest BCUT2D eigenvalue weighted by molar-refractivity contribution is 5.98. The lowest BCUT2D eigenvalue weighted by Crippen LogP contribution is -2.21. The number of rotatable bonds is 8. The fraction of sp³-hybridized carbons (Fsp3) is 0.250. The van der Waals surface area contributed by atoms with E-state index in [4.69, 9.17) is 18.9 Å². The normalized spacial score (nSPS) is 10.0. The topological polar surface area (TPSA) is 100 Å². The molecule has 8 nitrogen and oxygen atoms in total. The quantitative estimate of drug-likeness (QED) is 0.549. The minimum atomic E-state index is -0.750. The number of carbonyl (C=O) groups is 3. The molecular formula is C20H21NO7. The van der Waals surface area contributed by atoms with Gasteiger partial charge in [-0.05, 0) is 43.3 Å². The van der Waals surface area contributed by atoms with E-state index in [1.165, 1.54) is 40.4 Å². The minimum absolute atomic E-state index is 0.0735. The van der Waals surface area contributed by atoms with E-state index < -0.39 is 18.5 Å². The SMILES string of the molecule is COc1ccc(C(=O)OCC(=O)Nc2ccc(C(C)=O)cc2)c(OC)c1OC. The summed E-state index contributed by atoms with van der Waals surface area (Å²) >= 11 is 0. The molecule has 8 heteroatoms. The third kappa shape index (κ3) is 4.79. The van der Waals surface area contributed by atoms with E-state index in [1.807, 2.05) is 0 Å². The van der Waals surface area contributed by atoms with Crippen LogP contribution in [0.15, 0.2) is 36.4 Å². The Labute approximate surface area is 162 Å². The Morgan fingerprint density at radius 1 is 0.857 bits per heavy atom. The zero-order chi connectivity index (χ0) is 20.7. The van der Waals surface area contributed by atoms with Crippen LogP contribution in [0.5, 0.6) is 17.2 Å². The average Bonchev–Trinajstić information content (AvgIpc) is 2.70. The summed E-state index contributed by atoms with van der Waals surface area (Å²) in [7, 11) is 4.26. The molecule has 0 aliphatic carbocycles. The van der Waals surface area contributed by atoms with E-state index in [1.54, 1.807) is 24.3 Å². The van der Waals surface area contributed by atoms with E-state index in [-0.39, 0.29) is 22.8 Å². The fourth-order valence-electron chi connectivity index (χ4n) is 2.46. The summed E-state index contributed by atoms with van der Waals surface area (Å²) in [5, 5.41) is 2.58. The largest absolute Gasteiger partial charge is 0.493 e. The molecule has 0 saturated carbocycles.